The summed E-state index contributed by atoms with van der Waals surface area (Å²) in [4.78, 5) is 12.1. The van der Waals surface area contributed by atoms with Crippen LogP contribution in [0.25, 0.3) is 0 Å². The Bertz CT molecular complexity index is 515. The molecule has 0 aliphatic heterocycles. The maximum absolute atomic E-state index is 12.1. The fourth-order valence-electron chi connectivity index (χ4n) is 5.05. The van der Waals surface area contributed by atoms with Crippen molar-refractivity contribution in [3.63, 3.8) is 0 Å². The topological polar surface area (TPSA) is 66.6 Å². The van der Waals surface area contributed by atoms with Crippen molar-refractivity contribution >= 4 is 12.2 Å². The Balaban J connectivity index is 1.36. The first-order valence-corrected chi connectivity index (χ1v) is 7.85. The number of hydrogen-bond acceptors (Lipinski definition) is 3. The van der Waals surface area contributed by atoms with Crippen LogP contribution < -0.4 is 10.7 Å². The fourth-order valence-corrected chi connectivity index (χ4v) is 5.05. The van der Waals surface area contributed by atoms with Crippen molar-refractivity contribution in [2.75, 3.05) is 0 Å². The molecule has 0 saturated heterocycles. The molecule has 1 heterocycles. The largest absolute Gasteiger partial charge is 0.463 e. The molecule has 0 atom stereocenters. The molecule has 4 aliphatic carbocycles. The van der Waals surface area contributed by atoms with Gasteiger partial charge in [0.05, 0.1) is 12.5 Å². The molecule has 0 radical (unpaired) electrons. The van der Waals surface area contributed by atoms with Crippen LogP contribution >= 0.6 is 0 Å². The van der Waals surface area contributed by atoms with Crippen molar-refractivity contribution in [2.24, 2.45) is 22.9 Å². The maximum atomic E-state index is 12.1. The van der Waals surface area contributed by atoms with Crippen molar-refractivity contribution in [1.82, 2.24) is 10.7 Å². The van der Waals surface area contributed by atoms with E-state index in [-0.39, 0.29) is 11.6 Å². The number of furan rings is 1. The molecule has 4 aliphatic rings. The molecule has 112 valence electrons. The number of urea groups is 1. The smallest absolute Gasteiger partial charge is 0.335 e. The molecule has 1 aromatic rings. The monoisotopic (exact) mass is 287 g/mol. The van der Waals surface area contributed by atoms with Crippen LogP contribution in [0.3, 0.4) is 0 Å². The van der Waals surface area contributed by atoms with Gasteiger partial charge in [0.15, 0.2) is 0 Å². The minimum absolute atomic E-state index is 0.0268. The lowest BCUT2D eigenvalue weighted by molar-refractivity contribution is -0.0135. The average molecular weight is 287 g/mol. The van der Waals surface area contributed by atoms with Gasteiger partial charge in [0, 0.05) is 5.54 Å². The van der Waals surface area contributed by atoms with E-state index < -0.39 is 0 Å². The van der Waals surface area contributed by atoms with Crippen molar-refractivity contribution in [2.45, 2.75) is 44.1 Å². The van der Waals surface area contributed by atoms with Crippen LogP contribution in [0.5, 0.6) is 0 Å². The van der Waals surface area contributed by atoms with Gasteiger partial charge in [-0.15, -0.1) is 0 Å². The Morgan fingerprint density at radius 2 is 1.90 bits per heavy atom. The quantitative estimate of drug-likeness (QED) is 0.663. The molecule has 2 amide bonds. The third-order valence-electron chi connectivity index (χ3n) is 5.32. The Kier molecular flexibility index (Phi) is 3.01. The maximum Gasteiger partial charge on any atom is 0.335 e. The lowest BCUT2D eigenvalue weighted by Crippen LogP contribution is -2.61. The lowest BCUT2D eigenvalue weighted by atomic mass is 9.53. The number of rotatable bonds is 3. The molecule has 0 aromatic carbocycles. The van der Waals surface area contributed by atoms with Gasteiger partial charge in [-0.3, -0.25) is 0 Å². The Morgan fingerprint density at radius 1 is 1.24 bits per heavy atom. The summed E-state index contributed by atoms with van der Waals surface area (Å²) in [5.41, 5.74) is 2.58. The molecule has 4 saturated carbocycles. The van der Waals surface area contributed by atoms with Crippen LogP contribution in [0.1, 0.15) is 44.3 Å². The molecule has 4 bridgehead atoms. The van der Waals surface area contributed by atoms with Gasteiger partial charge in [-0.05, 0) is 68.4 Å². The van der Waals surface area contributed by atoms with Crippen molar-refractivity contribution in [1.29, 1.82) is 0 Å². The summed E-state index contributed by atoms with van der Waals surface area (Å²) in [5, 5.41) is 7.14. The lowest BCUT2D eigenvalue weighted by Gasteiger charge is -2.56. The molecule has 0 unspecified atom stereocenters. The highest BCUT2D eigenvalue weighted by molar-refractivity contribution is 5.79. The van der Waals surface area contributed by atoms with Crippen LogP contribution in [-0.2, 0) is 0 Å². The van der Waals surface area contributed by atoms with E-state index in [1.807, 2.05) is 0 Å². The minimum atomic E-state index is -0.195. The van der Waals surface area contributed by atoms with Crippen LogP contribution in [0, 0.1) is 17.8 Å². The van der Waals surface area contributed by atoms with Crippen molar-refractivity contribution in [3.8, 4) is 0 Å². The van der Waals surface area contributed by atoms with Gasteiger partial charge in [0.25, 0.3) is 0 Å². The summed E-state index contributed by atoms with van der Waals surface area (Å²) < 4.78 is 5.13. The number of carbonyl (C=O) groups is 1. The molecule has 5 heteroatoms. The second kappa shape index (κ2) is 4.90. The number of hydrogen-bond donors (Lipinski definition) is 2. The van der Waals surface area contributed by atoms with E-state index in [0.29, 0.717) is 5.76 Å². The van der Waals surface area contributed by atoms with E-state index >= 15 is 0 Å². The summed E-state index contributed by atoms with van der Waals surface area (Å²) in [5.74, 6) is 3.10. The zero-order valence-electron chi connectivity index (χ0n) is 12.0. The van der Waals surface area contributed by atoms with E-state index in [1.54, 1.807) is 18.4 Å². The summed E-state index contributed by atoms with van der Waals surface area (Å²) in [6.07, 6.45) is 10.7. The summed E-state index contributed by atoms with van der Waals surface area (Å²) in [7, 11) is 0. The van der Waals surface area contributed by atoms with Gasteiger partial charge in [-0.1, -0.05) is 0 Å². The molecular formula is C16H21N3O2. The van der Waals surface area contributed by atoms with Gasteiger partial charge in [0.1, 0.15) is 5.76 Å². The standard InChI is InChI=1S/C16H21N3O2/c20-15(19-17-10-14-2-1-3-21-14)18-16-7-11-4-12(8-16)6-13(5-11)9-16/h1-3,10-13H,4-9H2,(H2,18,19,20)/b17-10+. The molecule has 2 N–H and O–H groups in total. The highest BCUT2D eigenvalue weighted by atomic mass is 16.3. The molecule has 4 fully saturated rings. The summed E-state index contributed by atoms with van der Waals surface area (Å²) >= 11 is 0. The number of nitrogens with one attached hydrogen (secondary N) is 2. The van der Waals surface area contributed by atoms with E-state index in [2.05, 4.69) is 15.8 Å². The number of hydrazone groups is 1. The van der Waals surface area contributed by atoms with Crippen LogP contribution in [0.15, 0.2) is 27.9 Å². The molecule has 21 heavy (non-hydrogen) atoms. The van der Waals surface area contributed by atoms with Gasteiger partial charge in [-0.25, -0.2) is 10.2 Å². The zero-order chi connectivity index (χ0) is 14.3. The number of nitrogens with zero attached hydrogens (tertiary/aromatic N) is 1. The second-order valence-corrected chi connectivity index (χ2v) is 7.04. The predicted octanol–water partition coefficient (Wildman–Crippen LogP) is 2.88. The first-order chi connectivity index (χ1) is 10.2. The van der Waals surface area contributed by atoms with Crippen molar-refractivity contribution in [3.05, 3.63) is 24.2 Å². The molecule has 1 aromatic heterocycles. The molecule has 5 rings (SSSR count). The van der Waals surface area contributed by atoms with Crippen molar-refractivity contribution < 1.29 is 9.21 Å². The first kappa shape index (κ1) is 12.9. The van der Waals surface area contributed by atoms with Gasteiger partial charge in [0.2, 0.25) is 0 Å². The fraction of sp³-hybridized carbons (Fsp3) is 0.625. The first-order valence-electron chi connectivity index (χ1n) is 7.85. The third kappa shape index (κ3) is 2.57. The average Bonchev–Trinajstić information content (AvgIpc) is 2.89. The van der Waals surface area contributed by atoms with Gasteiger partial charge >= 0.3 is 6.03 Å². The van der Waals surface area contributed by atoms with Crippen LogP contribution in [-0.4, -0.2) is 17.8 Å². The normalized spacial score (nSPS) is 37.0. The third-order valence-corrected chi connectivity index (χ3v) is 5.32. The Labute approximate surface area is 124 Å². The number of carbonyl (C=O) groups excluding carboxylic acids is 1. The Morgan fingerprint density at radius 3 is 2.48 bits per heavy atom. The summed E-state index contributed by atoms with van der Waals surface area (Å²) in [6.45, 7) is 0. The highest BCUT2D eigenvalue weighted by Gasteiger charge is 2.51. The van der Waals surface area contributed by atoms with E-state index in [0.717, 1.165) is 37.0 Å². The Hall–Kier alpha value is -1.78. The number of amides is 2. The summed E-state index contributed by atoms with van der Waals surface area (Å²) in [6, 6.07) is 3.39. The molecule has 5 nitrogen and oxygen atoms in total. The van der Waals surface area contributed by atoms with Gasteiger partial charge < -0.3 is 9.73 Å². The molecular weight excluding hydrogens is 266 g/mol. The molecule has 0 spiro atoms. The SMILES string of the molecule is O=C(N/N=C/c1ccco1)NC12CC3CC(CC(C3)C1)C2. The zero-order valence-corrected chi connectivity index (χ0v) is 12.0. The van der Waals surface area contributed by atoms with E-state index in [1.165, 1.54) is 25.5 Å². The second-order valence-electron chi connectivity index (χ2n) is 7.04. The van der Waals surface area contributed by atoms with Gasteiger partial charge in [-0.2, -0.15) is 5.10 Å². The minimum Gasteiger partial charge on any atom is -0.463 e. The van der Waals surface area contributed by atoms with Crippen LogP contribution in [0.2, 0.25) is 0 Å². The predicted molar refractivity (Wildman–Crippen MR) is 78.9 cm³/mol. The van der Waals surface area contributed by atoms with E-state index in [9.17, 15) is 4.79 Å². The van der Waals surface area contributed by atoms with Crippen LogP contribution in [0.4, 0.5) is 4.79 Å². The van der Waals surface area contributed by atoms with E-state index in [4.69, 9.17) is 4.42 Å². The highest BCUT2D eigenvalue weighted by Crippen LogP contribution is 2.55.